The Morgan fingerprint density at radius 3 is 2.24 bits per heavy atom. The topological polar surface area (TPSA) is 119 Å². The lowest BCUT2D eigenvalue weighted by Crippen LogP contribution is -2.54. The molecule has 3 aliphatic rings. The van der Waals surface area contributed by atoms with Gasteiger partial charge in [-0.1, -0.05) is 0 Å². The number of hydrogen-bond acceptors (Lipinski definition) is 8. The Morgan fingerprint density at radius 1 is 1.03 bits per heavy atom. The van der Waals surface area contributed by atoms with E-state index in [0.717, 1.165) is 91.1 Å². The van der Waals surface area contributed by atoms with E-state index < -0.39 is 0 Å². The Kier molecular flexibility index (Phi) is 9.57. The highest BCUT2D eigenvalue weighted by molar-refractivity contribution is 5.74. The average molecular weight is 468 g/mol. The molecule has 3 fully saturated rings. The van der Waals surface area contributed by atoms with Crippen molar-refractivity contribution in [1.82, 2.24) is 24.5 Å². The van der Waals surface area contributed by atoms with Crippen LogP contribution in [-0.2, 0) is 14.3 Å². The van der Waals surface area contributed by atoms with Crippen LogP contribution in [0.2, 0.25) is 0 Å². The van der Waals surface area contributed by atoms with Crippen molar-refractivity contribution >= 4 is 18.0 Å². The van der Waals surface area contributed by atoms with E-state index in [1.165, 1.54) is 7.11 Å². The smallest absolute Gasteiger partial charge is 0.411 e. The first-order valence-electron chi connectivity index (χ1n) is 12.2. The van der Waals surface area contributed by atoms with E-state index in [-0.39, 0.29) is 30.3 Å². The Morgan fingerprint density at radius 2 is 1.64 bits per heavy atom. The molecule has 0 radical (unpaired) electrons. The molecule has 2 unspecified atom stereocenters. The summed E-state index contributed by atoms with van der Waals surface area (Å²) in [6.45, 7) is 8.99. The highest BCUT2D eigenvalue weighted by atomic mass is 16.6. The van der Waals surface area contributed by atoms with Crippen molar-refractivity contribution in [2.75, 3.05) is 79.6 Å². The van der Waals surface area contributed by atoms with E-state index in [0.29, 0.717) is 6.42 Å². The number of carbonyl (C=O) groups is 2. The molecule has 3 N–H and O–H groups in total. The first kappa shape index (κ1) is 25.5. The minimum absolute atomic E-state index is 0.0814. The molecule has 3 aliphatic heterocycles. The minimum Gasteiger partial charge on any atom is -0.469 e. The maximum absolute atomic E-state index is 12.3. The van der Waals surface area contributed by atoms with Crippen molar-refractivity contribution in [1.29, 1.82) is 5.41 Å². The van der Waals surface area contributed by atoms with Crippen LogP contribution < -0.4 is 5.73 Å². The van der Waals surface area contributed by atoms with Gasteiger partial charge in [0.1, 0.15) is 0 Å². The number of hydrogen-bond donors (Lipinski definition) is 2. The second-order valence-corrected chi connectivity index (χ2v) is 9.22. The third-order valence-corrected chi connectivity index (χ3v) is 7.12. The molecule has 0 saturated carbocycles. The van der Waals surface area contributed by atoms with Gasteiger partial charge in [0.2, 0.25) is 0 Å². The molecule has 11 heteroatoms. The molecule has 0 aromatic rings. The maximum Gasteiger partial charge on any atom is 0.411 e. The number of cyclic esters (lactones) is 1. The second kappa shape index (κ2) is 12.4. The molecule has 33 heavy (non-hydrogen) atoms. The van der Waals surface area contributed by atoms with Gasteiger partial charge in [-0.2, -0.15) is 0 Å². The summed E-state index contributed by atoms with van der Waals surface area (Å²) in [4.78, 5) is 34.3. The molecule has 11 nitrogen and oxygen atoms in total. The molecular formula is C22H41N7O4. The number of rotatable bonds is 10. The first-order chi connectivity index (χ1) is 15.9. The third kappa shape index (κ3) is 7.18. The van der Waals surface area contributed by atoms with Crippen LogP contribution in [0.15, 0.2) is 0 Å². The van der Waals surface area contributed by atoms with E-state index in [1.807, 2.05) is 11.9 Å². The van der Waals surface area contributed by atoms with Gasteiger partial charge in [0.05, 0.1) is 13.2 Å². The van der Waals surface area contributed by atoms with Gasteiger partial charge in [0.25, 0.3) is 0 Å². The molecular weight excluding hydrogens is 426 g/mol. The van der Waals surface area contributed by atoms with Crippen LogP contribution in [0.25, 0.3) is 0 Å². The zero-order chi connectivity index (χ0) is 23.8. The first-order valence-corrected chi connectivity index (χ1v) is 12.2. The largest absolute Gasteiger partial charge is 0.469 e. The lowest BCUT2D eigenvalue weighted by Gasteiger charge is -2.38. The van der Waals surface area contributed by atoms with Gasteiger partial charge in [0.15, 0.2) is 12.2 Å². The summed E-state index contributed by atoms with van der Waals surface area (Å²) in [6, 6.07) is 0.0814. The Bertz CT molecular complexity index is 663. The molecule has 3 heterocycles. The van der Waals surface area contributed by atoms with Crippen LogP contribution in [0.3, 0.4) is 0 Å². The summed E-state index contributed by atoms with van der Waals surface area (Å²) in [5.41, 5.74) is 5.57. The van der Waals surface area contributed by atoms with Crippen LogP contribution in [-0.4, -0.2) is 134 Å². The quantitative estimate of drug-likeness (QED) is 0.198. The Balaban J connectivity index is 1.37. The van der Waals surface area contributed by atoms with Crippen LogP contribution in [0.5, 0.6) is 0 Å². The monoisotopic (exact) mass is 467 g/mol. The number of unbranched alkanes of at least 4 members (excludes halogenated alkanes) is 1. The summed E-state index contributed by atoms with van der Waals surface area (Å²) in [6.07, 6.45) is 3.91. The molecule has 2 atom stereocenters. The zero-order valence-corrected chi connectivity index (χ0v) is 20.2. The van der Waals surface area contributed by atoms with Crippen LogP contribution in [0, 0.1) is 5.41 Å². The highest BCUT2D eigenvalue weighted by Gasteiger charge is 2.43. The van der Waals surface area contributed by atoms with Gasteiger partial charge in [-0.25, -0.2) is 4.79 Å². The van der Waals surface area contributed by atoms with Crippen molar-refractivity contribution < 1.29 is 19.1 Å². The third-order valence-electron chi connectivity index (χ3n) is 7.12. The van der Waals surface area contributed by atoms with Gasteiger partial charge in [-0.3, -0.25) is 20.0 Å². The Hall–Kier alpha value is -2.11. The number of ether oxygens (including phenoxy) is 2. The Labute approximate surface area is 197 Å². The minimum atomic E-state index is -0.231. The number of nitrogens with zero attached hydrogens (tertiary/aromatic N) is 5. The molecule has 3 rings (SSSR count). The summed E-state index contributed by atoms with van der Waals surface area (Å²) >= 11 is 0. The van der Waals surface area contributed by atoms with E-state index in [2.05, 4.69) is 14.7 Å². The molecule has 0 aromatic heterocycles. The summed E-state index contributed by atoms with van der Waals surface area (Å²) in [5.74, 6) is 0.00682. The molecule has 0 bridgehead atoms. The predicted molar refractivity (Wildman–Crippen MR) is 125 cm³/mol. The molecule has 188 valence electrons. The van der Waals surface area contributed by atoms with Gasteiger partial charge in [-0.05, 0) is 38.8 Å². The maximum atomic E-state index is 12.3. The van der Waals surface area contributed by atoms with E-state index >= 15 is 0 Å². The van der Waals surface area contributed by atoms with Crippen molar-refractivity contribution in [3.05, 3.63) is 0 Å². The summed E-state index contributed by atoms with van der Waals surface area (Å²) in [5, 5.41) is 7.54. The lowest BCUT2D eigenvalue weighted by atomic mass is 10.1. The fourth-order valence-electron chi connectivity index (χ4n) is 4.94. The fraction of sp³-hybridized carbons (Fsp3) is 0.864. The number of esters is 1. The van der Waals surface area contributed by atoms with Crippen molar-refractivity contribution in [2.24, 2.45) is 5.73 Å². The number of nitrogens with two attached hydrogens (primary N) is 1. The number of nitrogens with one attached hydrogen (secondary N) is 1. The fourth-order valence-corrected chi connectivity index (χ4v) is 4.94. The number of guanidine groups is 1. The van der Waals surface area contributed by atoms with Gasteiger partial charge >= 0.3 is 12.1 Å². The number of likely N-dealkylation sites (N-methyl/N-ethyl adjacent to an activating group) is 1. The van der Waals surface area contributed by atoms with Crippen LogP contribution >= 0.6 is 0 Å². The normalized spacial score (nSPS) is 25.3. The standard InChI is InChI=1S/C22H41N7O4/c1-25-18(6-3-4-8-26-12-16-29(17-13-26)21(23)24)20(33-22(25)31)28-14-10-27(11-15-28)9-5-7-19(30)32-2/h18,20H,3-17H2,1-2H3,(H3,23,24). The van der Waals surface area contributed by atoms with E-state index in [9.17, 15) is 9.59 Å². The molecule has 0 spiro atoms. The molecule has 0 aliphatic carbocycles. The van der Waals surface area contributed by atoms with Gasteiger partial charge < -0.3 is 29.9 Å². The van der Waals surface area contributed by atoms with Crippen molar-refractivity contribution in [3.63, 3.8) is 0 Å². The number of carbonyl (C=O) groups excluding carboxylic acids is 2. The van der Waals surface area contributed by atoms with Crippen molar-refractivity contribution in [2.45, 2.75) is 44.4 Å². The van der Waals surface area contributed by atoms with Gasteiger partial charge in [0, 0.05) is 65.8 Å². The molecule has 0 aromatic carbocycles. The number of piperazine rings is 2. The van der Waals surface area contributed by atoms with Crippen LogP contribution in [0.4, 0.5) is 4.79 Å². The molecule has 1 amide bonds. The number of methoxy groups -OCH3 is 1. The summed E-state index contributed by atoms with van der Waals surface area (Å²) in [7, 11) is 3.27. The van der Waals surface area contributed by atoms with Gasteiger partial charge in [-0.15, -0.1) is 0 Å². The highest BCUT2D eigenvalue weighted by Crippen LogP contribution is 2.26. The predicted octanol–water partition coefficient (Wildman–Crippen LogP) is 0.0153. The SMILES string of the molecule is COC(=O)CCCN1CCN(C2OC(=O)N(C)C2CCCCN2CCN(C(=N)N)CC2)CC1. The second-order valence-electron chi connectivity index (χ2n) is 9.22. The molecule has 3 saturated heterocycles. The lowest BCUT2D eigenvalue weighted by molar-refractivity contribution is -0.140. The zero-order valence-electron chi connectivity index (χ0n) is 20.2. The van der Waals surface area contributed by atoms with Crippen molar-refractivity contribution in [3.8, 4) is 0 Å². The van der Waals surface area contributed by atoms with E-state index in [4.69, 9.17) is 20.6 Å². The summed E-state index contributed by atoms with van der Waals surface area (Å²) < 4.78 is 10.5. The average Bonchev–Trinajstić information content (AvgIpc) is 3.11. The van der Waals surface area contributed by atoms with E-state index in [1.54, 1.807) is 4.90 Å². The van der Waals surface area contributed by atoms with Crippen LogP contribution in [0.1, 0.15) is 32.1 Å². The number of amides is 1.